The van der Waals surface area contributed by atoms with Gasteiger partial charge < -0.3 is 5.11 Å². The van der Waals surface area contributed by atoms with E-state index in [1.54, 1.807) is 42.1 Å². The Hall–Kier alpha value is -3.32. The standard InChI is InChI=1S/C22H19N5OS/c28-17-9-3-1-6-14(17)13-24-27-21-19-16-8-2-4-10-18(16)29-22(19)26-20(25-21)15-7-5-11-23-12-15/h1,3,5-7,9,11-13,28H,2,4,8,10H2,(H,25,26,27)/b24-13+. The maximum atomic E-state index is 9.95. The van der Waals surface area contributed by atoms with E-state index in [0.717, 1.165) is 28.6 Å². The Morgan fingerprint density at radius 1 is 1.07 bits per heavy atom. The van der Waals surface area contributed by atoms with E-state index in [2.05, 4.69) is 15.5 Å². The zero-order chi connectivity index (χ0) is 19.6. The van der Waals surface area contributed by atoms with Crippen LogP contribution in [0.2, 0.25) is 0 Å². The molecule has 6 nitrogen and oxygen atoms in total. The summed E-state index contributed by atoms with van der Waals surface area (Å²) in [6.45, 7) is 0. The molecule has 0 atom stereocenters. The highest BCUT2D eigenvalue weighted by molar-refractivity contribution is 7.19. The Kier molecular flexibility index (Phi) is 4.65. The second-order valence-corrected chi connectivity index (χ2v) is 8.04. The van der Waals surface area contributed by atoms with Crippen LogP contribution in [0.1, 0.15) is 28.8 Å². The minimum absolute atomic E-state index is 0.190. The summed E-state index contributed by atoms with van der Waals surface area (Å²) in [5.41, 5.74) is 5.96. The van der Waals surface area contributed by atoms with E-state index < -0.39 is 0 Å². The van der Waals surface area contributed by atoms with E-state index in [4.69, 9.17) is 9.97 Å². The second kappa shape index (κ2) is 7.60. The highest BCUT2D eigenvalue weighted by atomic mass is 32.1. The van der Waals surface area contributed by atoms with Crippen LogP contribution in [0.5, 0.6) is 5.75 Å². The number of anilines is 1. The van der Waals surface area contributed by atoms with Crippen LogP contribution in [-0.2, 0) is 12.8 Å². The van der Waals surface area contributed by atoms with Crippen molar-refractivity contribution in [1.82, 2.24) is 15.0 Å². The fourth-order valence-corrected chi connectivity index (χ4v) is 4.88. The molecule has 144 valence electrons. The van der Waals surface area contributed by atoms with Gasteiger partial charge in [0.25, 0.3) is 0 Å². The number of pyridine rings is 1. The Morgan fingerprint density at radius 2 is 1.97 bits per heavy atom. The predicted octanol–water partition coefficient (Wildman–Crippen LogP) is 4.78. The molecule has 0 amide bonds. The van der Waals surface area contributed by atoms with E-state index >= 15 is 0 Å². The van der Waals surface area contributed by atoms with Crippen LogP contribution in [0, 0.1) is 0 Å². The lowest BCUT2D eigenvalue weighted by Crippen LogP contribution is -2.02. The molecule has 0 aliphatic heterocycles. The van der Waals surface area contributed by atoms with Crippen LogP contribution in [0.4, 0.5) is 5.82 Å². The zero-order valence-electron chi connectivity index (χ0n) is 15.7. The number of fused-ring (bicyclic) bond motifs is 3. The minimum atomic E-state index is 0.190. The van der Waals surface area contributed by atoms with Crippen molar-refractivity contribution < 1.29 is 5.11 Å². The molecule has 29 heavy (non-hydrogen) atoms. The van der Waals surface area contributed by atoms with E-state index in [-0.39, 0.29) is 5.75 Å². The highest BCUT2D eigenvalue weighted by Crippen LogP contribution is 2.39. The molecule has 1 aromatic carbocycles. The normalized spacial score (nSPS) is 13.7. The Morgan fingerprint density at radius 3 is 2.83 bits per heavy atom. The lowest BCUT2D eigenvalue weighted by atomic mass is 9.97. The van der Waals surface area contributed by atoms with Gasteiger partial charge in [-0.25, -0.2) is 9.97 Å². The molecule has 0 saturated heterocycles. The number of hydrazone groups is 1. The van der Waals surface area contributed by atoms with Gasteiger partial charge in [0.05, 0.1) is 11.6 Å². The van der Waals surface area contributed by atoms with Crippen LogP contribution in [-0.4, -0.2) is 26.3 Å². The van der Waals surface area contributed by atoms with Crippen molar-refractivity contribution in [3.05, 3.63) is 64.8 Å². The van der Waals surface area contributed by atoms with Crippen molar-refractivity contribution in [3.8, 4) is 17.1 Å². The van der Waals surface area contributed by atoms with Crippen LogP contribution < -0.4 is 5.43 Å². The average Bonchev–Trinajstić information content (AvgIpc) is 3.14. The number of thiophene rings is 1. The summed E-state index contributed by atoms with van der Waals surface area (Å²) in [5, 5.41) is 15.4. The summed E-state index contributed by atoms with van der Waals surface area (Å²) < 4.78 is 0. The number of benzene rings is 1. The summed E-state index contributed by atoms with van der Waals surface area (Å²) in [6, 6.07) is 10.9. The summed E-state index contributed by atoms with van der Waals surface area (Å²) in [6.07, 6.45) is 9.65. The number of hydrogen-bond donors (Lipinski definition) is 2. The van der Waals surface area contributed by atoms with Gasteiger partial charge in [-0.2, -0.15) is 5.10 Å². The minimum Gasteiger partial charge on any atom is -0.507 e. The number of para-hydroxylation sites is 1. The molecule has 3 heterocycles. The number of phenols is 1. The van der Waals surface area contributed by atoms with Gasteiger partial charge in [0.15, 0.2) is 11.6 Å². The molecule has 0 bridgehead atoms. The highest BCUT2D eigenvalue weighted by Gasteiger charge is 2.21. The molecule has 0 fully saturated rings. The Bertz CT molecular complexity index is 1200. The van der Waals surface area contributed by atoms with Crippen LogP contribution in [0.15, 0.2) is 53.9 Å². The van der Waals surface area contributed by atoms with Crippen molar-refractivity contribution >= 4 is 33.6 Å². The van der Waals surface area contributed by atoms with Crippen molar-refractivity contribution in [3.63, 3.8) is 0 Å². The molecule has 2 N–H and O–H groups in total. The molecule has 1 aliphatic carbocycles. The molecule has 1 aliphatic rings. The first kappa shape index (κ1) is 17.8. The Balaban J connectivity index is 1.59. The number of aryl methyl sites for hydroxylation is 2. The predicted molar refractivity (Wildman–Crippen MR) is 117 cm³/mol. The molecule has 4 aromatic rings. The fraction of sp³-hybridized carbons (Fsp3) is 0.182. The molecule has 5 rings (SSSR count). The molecular formula is C22H19N5OS. The average molecular weight is 401 g/mol. The number of rotatable bonds is 4. The Labute approximate surface area is 172 Å². The topological polar surface area (TPSA) is 83.3 Å². The lowest BCUT2D eigenvalue weighted by molar-refractivity contribution is 0.474. The molecule has 0 unspecified atom stereocenters. The fourth-order valence-electron chi connectivity index (χ4n) is 3.62. The van der Waals surface area contributed by atoms with Gasteiger partial charge in [0.2, 0.25) is 0 Å². The molecule has 3 aromatic heterocycles. The summed E-state index contributed by atoms with van der Waals surface area (Å²) >= 11 is 1.75. The van der Waals surface area contributed by atoms with Gasteiger partial charge in [0, 0.05) is 28.4 Å². The number of hydrogen-bond acceptors (Lipinski definition) is 7. The molecule has 0 saturated carbocycles. The largest absolute Gasteiger partial charge is 0.507 e. The summed E-state index contributed by atoms with van der Waals surface area (Å²) in [7, 11) is 0. The third-order valence-electron chi connectivity index (χ3n) is 5.05. The molecule has 0 radical (unpaired) electrons. The van der Waals surface area contributed by atoms with E-state index in [1.807, 2.05) is 24.3 Å². The third kappa shape index (κ3) is 3.45. The second-order valence-electron chi connectivity index (χ2n) is 6.96. The number of phenolic OH excluding ortho intramolecular Hbond substituents is 1. The first-order valence-electron chi connectivity index (χ1n) is 9.59. The quantitative estimate of drug-likeness (QED) is 0.380. The number of aromatic hydroxyl groups is 1. The zero-order valence-corrected chi connectivity index (χ0v) is 16.5. The van der Waals surface area contributed by atoms with Gasteiger partial charge in [-0.3, -0.25) is 10.4 Å². The SMILES string of the molecule is Oc1ccccc1/C=N/Nc1nc(-c2cccnc2)nc2sc3c(c12)CCCC3. The van der Waals surface area contributed by atoms with Gasteiger partial charge in [0.1, 0.15) is 10.6 Å². The smallest absolute Gasteiger partial charge is 0.164 e. The summed E-state index contributed by atoms with van der Waals surface area (Å²) in [5.74, 6) is 1.51. The van der Waals surface area contributed by atoms with Crippen molar-refractivity contribution in [1.29, 1.82) is 0 Å². The van der Waals surface area contributed by atoms with E-state index in [1.165, 1.54) is 23.3 Å². The molecule has 7 heteroatoms. The lowest BCUT2D eigenvalue weighted by Gasteiger charge is -2.12. The van der Waals surface area contributed by atoms with Gasteiger partial charge in [-0.05, 0) is 55.5 Å². The third-order valence-corrected chi connectivity index (χ3v) is 6.23. The van der Waals surface area contributed by atoms with Gasteiger partial charge in [-0.15, -0.1) is 11.3 Å². The molecular weight excluding hydrogens is 382 g/mol. The monoisotopic (exact) mass is 401 g/mol. The van der Waals surface area contributed by atoms with Crippen molar-refractivity contribution in [2.75, 3.05) is 5.43 Å². The summed E-state index contributed by atoms with van der Waals surface area (Å²) in [4.78, 5) is 16.2. The van der Waals surface area contributed by atoms with E-state index in [0.29, 0.717) is 17.2 Å². The first-order valence-corrected chi connectivity index (χ1v) is 10.4. The maximum absolute atomic E-state index is 9.95. The number of aromatic nitrogens is 3. The van der Waals surface area contributed by atoms with Gasteiger partial charge >= 0.3 is 0 Å². The van der Waals surface area contributed by atoms with Crippen molar-refractivity contribution in [2.45, 2.75) is 25.7 Å². The maximum Gasteiger partial charge on any atom is 0.164 e. The van der Waals surface area contributed by atoms with E-state index in [9.17, 15) is 5.11 Å². The van der Waals surface area contributed by atoms with Crippen LogP contribution in [0.25, 0.3) is 21.6 Å². The first-order chi connectivity index (χ1) is 14.3. The van der Waals surface area contributed by atoms with Crippen LogP contribution in [0.3, 0.4) is 0 Å². The van der Waals surface area contributed by atoms with Gasteiger partial charge in [-0.1, -0.05) is 12.1 Å². The number of nitrogens with one attached hydrogen (secondary N) is 1. The molecule has 0 spiro atoms. The number of nitrogens with zero attached hydrogens (tertiary/aromatic N) is 4. The van der Waals surface area contributed by atoms with Crippen LogP contribution >= 0.6 is 11.3 Å². The van der Waals surface area contributed by atoms with Crippen molar-refractivity contribution in [2.24, 2.45) is 5.10 Å².